The van der Waals surface area contributed by atoms with Crippen LogP contribution in [-0.2, 0) is 14.3 Å². The number of nitro groups is 1. The van der Waals surface area contributed by atoms with Gasteiger partial charge in [0.1, 0.15) is 6.10 Å². The summed E-state index contributed by atoms with van der Waals surface area (Å²) in [6.07, 6.45) is 7.07. The number of nitro benzene ring substituents is 1. The molecular formula is C21H26N2O5. The van der Waals surface area contributed by atoms with Gasteiger partial charge in [-0.15, -0.1) is 0 Å². The molecule has 1 aliphatic carbocycles. The van der Waals surface area contributed by atoms with Gasteiger partial charge in [0.15, 0.2) is 0 Å². The van der Waals surface area contributed by atoms with E-state index in [1.54, 1.807) is 25.1 Å². The fourth-order valence-corrected chi connectivity index (χ4v) is 4.14. The largest absolute Gasteiger partial charge is 0.459 e. The molecule has 1 saturated carbocycles. The lowest BCUT2D eigenvalue weighted by Crippen LogP contribution is -2.35. The van der Waals surface area contributed by atoms with Gasteiger partial charge in [0.25, 0.3) is 5.69 Å². The lowest BCUT2D eigenvalue weighted by atomic mass is 9.83. The number of benzene rings is 1. The third-order valence-corrected chi connectivity index (χ3v) is 5.52. The second-order valence-corrected chi connectivity index (χ2v) is 7.53. The van der Waals surface area contributed by atoms with E-state index in [4.69, 9.17) is 4.74 Å². The average molecular weight is 386 g/mol. The van der Waals surface area contributed by atoms with Crippen molar-refractivity contribution >= 4 is 17.6 Å². The van der Waals surface area contributed by atoms with Gasteiger partial charge in [0, 0.05) is 29.7 Å². The van der Waals surface area contributed by atoms with Crippen molar-refractivity contribution in [2.24, 2.45) is 0 Å². The van der Waals surface area contributed by atoms with Gasteiger partial charge in [-0.25, -0.2) is 4.79 Å². The van der Waals surface area contributed by atoms with E-state index >= 15 is 0 Å². The summed E-state index contributed by atoms with van der Waals surface area (Å²) in [4.78, 5) is 36.1. The van der Waals surface area contributed by atoms with Gasteiger partial charge < -0.3 is 10.1 Å². The molecule has 3 rings (SSSR count). The number of amides is 1. The van der Waals surface area contributed by atoms with Gasteiger partial charge in [-0.05, 0) is 32.6 Å². The molecule has 1 aliphatic heterocycles. The number of nitrogens with zero attached hydrogens (tertiary/aromatic N) is 1. The summed E-state index contributed by atoms with van der Waals surface area (Å²) < 4.78 is 5.81. The molecule has 7 nitrogen and oxygen atoms in total. The van der Waals surface area contributed by atoms with Gasteiger partial charge in [-0.3, -0.25) is 14.9 Å². The minimum absolute atomic E-state index is 0.0166. The number of ether oxygens (including phenoxy) is 1. The fourth-order valence-electron chi connectivity index (χ4n) is 4.14. The van der Waals surface area contributed by atoms with Crippen LogP contribution in [0.15, 0.2) is 35.5 Å². The van der Waals surface area contributed by atoms with Crippen LogP contribution in [0, 0.1) is 10.1 Å². The number of esters is 1. The second kappa shape index (κ2) is 8.99. The number of para-hydroxylation sites is 1. The first-order chi connectivity index (χ1) is 13.5. The van der Waals surface area contributed by atoms with Crippen molar-refractivity contribution in [3.63, 3.8) is 0 Å². The Morgan fingerprint density at radius 2 is 1.79 bits per heavy atom. The van der Waals surface area contributed by atoms with E-state index in [1.165, 1.54) is 12.5 Å². The quantitative estimate of drug-likeness (QED) is 0.477. The molecular weight excluding hydrogens is 360 g/mol. The molecule has 1 unspecified atom stereocenters. The van der Waals surface area contributed by atoms with Crippen LogP contribution in [-0.4, -0.2) is 22.9 Å². The molecule has 0 bridgehead atoms. The molecule has 1 heterocycles. The molecule has 1 atom stereocenters. The van der Waals surface area contributed by atoms with Crippen molar-refractivity contribution in [2.75, 3.05) is 0 Å². The molecule has 2 aliphatic rings. The van der Waals surface area contributed by atoms with Crippen LogP contribution in [0.25, 0.3) is 0 Å². The molecule has 1 aromatic rings. The van der Waals surface area contributed by atoms with Crippen molar-refractivity contribution in [2.45, 2.75) is 70.3 Å². The summed E-state index contributed by atoms with van der Waals surface area (Å²) in [6, 6.07) is 6.27. The van der Waals surface area contributed by atoms with Gasteiger partial charge in [0.05, 0.1) is 10.5 Å². The number of hydrogen-bond donors (Lipinski definition) is 1. The molecule has 0 spiro atoms. The van der Waals surface area contributed by atoms with Crippen LogP contribution < -0.4 is 5.32 Å². The summed E-state index contributed by atoms with van der Waals surface area (Å²) in [6.45, 7) is 1.65. The average Bonchev–Trinajstić information content (AvgIpc) is 2.63. The fraction of sp³-hybridized carbons (Fsp3) is 0.524. The maximum absolute atomic E-state index is 13.0. The summed E-state index contributed by atoms with van der Waals surface area (Å²) in [5, 5.41) is 14.2. The molecule has 0 radical (unpaired) electrons. The van der Waals surface area contributed by atoms with Crippen molar-refractivity contribution < 1.29 is 19.2 Å². The van der Waals surface area contributed by atoms with Gasteiger partial charge in [-0.2, -0.15) is 0 Å². The third-order valence-electron chi connectivity index (χ3n) is 5.52. The zero-order valence-corrected chi connectivity index (χ0v) is 16.1. The van der Waals surface area contributed by atoms with Crippen LogP contribution in [0.4, 0.5) is 5.69 Å². The van der Waals surface area contributed by atoms with Gasteiger partial charge in [0.2, 0.25) is 5.91 Å². The zero-order chi connectivity index (χ0) is 20.1. The van der Waals surface area contributed by atoms with Crippen LogP contribution in [0.1, 0.15) is 69.8 Å². The third kappa shape index (κ3) is 4.58. The van der Waals surface area contributed by atoms with Crippen molar-refractivity contribution in [3.05, 3.63) is 51.2 Å². The molecule has 28 heavy (non-hydrogen) atoms. The lowest BCUT2D eigenvalue weighted by molar-refractivity contribution is -0.385. The second-order valence-electron chi connectivity index (χ2n) is 7.53. The Morgan fingerprint density at radius 3 is 2.46 bits per heavy atom. The van der Waals surface area contributed by atoms with E-state index in [2.05, 4.69) is 5.32 Å². The van der Waals surface area contributed by atoms with Crippen molar-refractivity contribution in [3.8, 4) is 0 Å². The number of carbonyl (C=O) groups excluding carboxylic acids is 2. The summed E-state index contributed by atoms with van der Waals surface area (Å²) in [5.41, 5.74) is 1.00. The van der Waals surface area contributed by atoms with Crippen molar-refractivity contribution in [1.29, 1.82) is 0 Å². The van der Waals surface area contributed by atoms with Gasteiger partial charge in [-0.1, -0.05) is 37.5 Å². The van der Waals surface area contributed by atoms with Gasteiger partial charge >= 0.3 is 5.97 Å². The Labute approximate surface area is 164 Å². The van der Waals surface area contributed by atoms with E-state index in [1.807, 2.05) is 0 Å². The number of allylic oxidation sites excluding steroid dienone is 1. The number of hydrogen-bond acceptors (Lipinski definition) is 5. The molecule has 1 aromatic carbocycles. The highest BCUT2D eigenvalue weighted by molar-refractivity contribution is 5.96. The summed E-state index contributed by atoms with van der Waals surface area (Å²) in [7, 11) is 0. The number of rotatable bonds is 4. The predicted octanol–water partition coefficient (Wildman–Crippen LogP) is 4.13. The number of nitrogens with one attached hydrogen (secondary N) is 1. The topological polar surface area (TPSA) is 98.5 Å². The highest BCUT2D eigenvalue weighted by Gasteiger charge is 2.36. The van der Waals surface area contributed by atoms with Crippen LogP contribution in [0.2, 0.25) is 0 Å². The molecule has 7 heteroatoms. The Morgan fingerprint density at radius 1 is 1.14 bits per heavy atom. The van der Waals surface area contributed by atoms with Crippen LogP contribution >= 0.6 is 0 Å². The van der Waals surface area contributed by atoms with E-state index in [0.717, 1.165) is 38.5 Å². The smallest absolute Gasteiger partial charge is 0.336 e. The zero-order valence-electron chi connectivity index (χ0n) is 16.1. The minimum Gasteiger partial charge on any atom is -0.459 e. The lowest BCUT2D eigenvalue weighted by Gasteiger charge is -2.28. The Kier molecular flexibility index (Phi) is 6.44. The number of carbonyl (C=O) groups is 2. The molecule has 150 valence electrons. The molecule has 1 amide bonds. The predicted molar refractivity (Wildman–Crippen MR) is 103 cm³/mol. The maximum Gasteiger partial charge on any atom is 0.336 e. The molecule has 1 N–H and O–H groups in total. The minimum atomic E-state index is -0.684. The highest BCUT2D eigenvalue weighted by Crippen LogP contribution is 2.38. The van der Waals surface area contributed by atoms with E-state index in [-0.39, 0.29) is 24.1 Å². The standard InChI is InChI=1S/C21H26N2O5/c1-14-20(21(25)28-15-9-5-3-2-4-6-10-15)17(13-19(24)22-14)16-11-7-8-12-18(16)23(26)27/h7-8,11-12,15,17H,2-6,9-10,13H2,1H3,(H,22,24). The summed E-state index contributed by atoms with van der Waals surface area (Å²) in [5.74, 6) is -1.43. The first-order valence-electron chi connectivity index (χ1n) is 9.92. The monoisotopic (exact) mass is 386 g/mol. The first kappa shape index (κ1) is 20.0. The van der Waals surface area contributed by atoms with Crippen LogP contribution in [0.5, 0.6) is 0 Å². The Bertz CT molecular complexity index is 794. The SMILES string of the molecule is CC1=C(C(=O)OC2CCCCCCC2)C(c2ccccc2[N+](=O)[O-])CC(=O)N1. The van der Waals surface area contributed by atoms with Crippen molar-refractivity contribution in [1.82, 2.24) is 5.32 Å². The highest BCUT2D eigenvalue weighted by atomic mass is 16.6. The normalized spacial score (nSPS) is 21.5. The van der Waals surface area contributed by atoms with E-state index < -0.39 is 16.8 Å². The van der Waals surface area contributed by atoms with Crippen LogP contribution in [0.3, 0.4) is 0 Å². The first-order valence-corrected chi connectivity index (χ1v) is 9.92. The van der Waals surface area contributed by atoms with E-state index in [9.17, 15) is 19.7 Å². The van der Waals surface area contributed by atoms with E-state index in [0.29, 0.717) is 16.8 Å². The summed E-state index contributed by atoms with van der Waals surface area (Å²) >= 11 is 0. The Hall–Kier alpha value is -2.70. The molecule has 1 fully saturated rings. The molecule has 0 saturated heterocycles. The molecule has 0 aromatic heterocycles. The maximum atomic E-state index is 13.0. The Balaban J connectivity index is 1.89.